The minimum absolute atomic E-state index is 0.108. The van der Waals surface area contributed by atoms with Crippen molar-refractivity contribution in [3.05, 3.63) is 11.6 Å². The molecule has 3 rings (SSSR count). The number of aliphatic hydroxyl groups is 1. The van der Waals surface area contributed by atoms with Crippen molar-refractivity contribution in [1.29, 1.82) is 0 Å². The number of esters is 1. The molecule has 0 radical (unpaired) electrons. The van der Waals surface area contributed by atoms with Crippen LogP contribution in [0.2, 0.25) is 0 Å². The van der Waals surface area contributed by atoms with Crippen LogP contribution >= 0.6 is 0 Å². The zero-order valence-corrected chi connectivity index (χ0v) is 16.7. The van der Waals surface area contributed by atoms with Gasteiger partial charge in [-0.25, -0.2) is 0 Å². The van der Waals surface area contributed by atoms with E-state index in [0.717, 1.165) is 19.3 Å². The fourth-order valence-corrected chi connectivity index (χ4v) is 6.20. The topological polar surface area (TPSA) is 72.8 Å². The van der Waals surface area contributed by atoms with Crippen molar-refractivity contribution in [2.24, 2.45) is 16.7 Å². The molecule has 1 heterocycles. The van der Waals surface area contributed by atoms with Gasteiger partial charge in [0.25, 0.3) is 0 Å². The van der Waals surface area contributed by atoms with Gasteiger partial charge >= 0.3 is 5.97 Å². The van der Waals surface area contributed by atoms with Crippen molar-refractivity contribution in [3.63, 3.8) is 0 Å². The molecule has 4 atom stereocenters. The fourth-order valence-electron chi connectivity index (χ4n) is 6.20. The monoisotopic (exact) mass is 364 g/mol. The summed E-state index contributed by atoms with van der Waals surface area (Å²) in [4.78, 5) is 24.9. The molecule has 1 saturated heterocycles. The first-order valence-corrected chi connectivity index (χ1v) is 9.66. The standard InChI is InChI=1S/C21H32O5/c1-18(2)7-6-8-20(4)17(18)15(23)11-14(13-22)21(20)10-9-19(3,26-21)12-16(24)25-5/h11,17,22H,6-10,12-13H2,1-5H3/t17-,19-,20-,21+/m1/s1. The predicted octanol–water partition coefficient (Wildman–Crippen LogP) is 3.19. The average molecular weight is 364 g/mol. The van der Waals surface area contributed by atoms with Crippen molar-refractivity contribution >= 4 is 11.8 Å². The summed E-state index contributed by atoms with van der Waals surface area (Å²) in [6, 6.07) is 0. The van der Waals surface area contributed by atoms with E-state index in [1.807, 2.05) is 6.92 Å². The van der Waals surface area contributed by atoms with E-state index in [2.05, 4.69) is 20.8 Å². The molecule has 2 fully saturated rings. The van der Waals surface area contributed by atoms with Crippen LogP contribution in [0.5, 0.6) is 0 Å². The Balaban J connectivity index is 2.08. The minimum Gasteiger partial charge on any atom is -0.469 e. The number of hydrogen-bond acceptors (Lipinski definition) is 5. The van der Waals surface area contributed by atoms with Crippen LogP contribution < -0.4 is 0 Å². The van der Waals surface area contributed by atoms with Gasteiger partial charge in [0.1, 0.15) is 0 Å². The normalized spacial score (nSPS) is 41.7. The Labute approximate surface area is 156 Å². The van der Waals surface area contributed by atoms with E-state index in [-0.39, 0.29) is 41.5 Å². The summed E-state index contributed by atoms with van der Waals surface area (Å²) >= 11 is 0. The summed E-state index contributed by atoms with van der Waals surface area (Å²) in [5.41, 5.74) is -1.16. The lowest BCUT2D eigenvalue weighted by atomic mass is 9.46. The van der Waals surface area contributed by atoms with Gasteiger partial charge in [-0.3, -0.25) is 9.59 Å². The van der Waals surface area contributed by atoms with Crippen LogP contribution in [0.1, 0.15) is 66.2 Å². The Morgan fingerprint density at radius 1 is 1.23 bits per heavy atom. The molecule has 5 heteroatoms. The highest BCUT2D eigenvalue weighted by Crippen LogP contribution is 2.65. The van der Waals surface area contributed by atoms with E-state index in [4.69, 9.17) is 9.47 Å². The van der Waals surface area contributed by atoms with Gasteiger partial charge in [-0.15, -0.1) is 0 Å². The minimum atomic E-state index is -0.694. The Kier molecular flexibility index (Phi) is 4.64. The van der Waals surface area contributed by atoms with Gasteiger partial charge in [0.15, 0.2) is 5.78 Å². The summed E-state index contributed by atoms with van der Waals surface area (Å²) in [6.45, 7) is 8.24. The smallest absolute Gasteiger partial charge is 0.308 e. The number of ether oxygens (including phenoxy) is 2. The largest absolute Gasteiger partial charge is 0.469 e. The molecule has 0 aromatic carbocycles. The predicted molar refractivity (Wildman–Crippen MR) is 97.5 cm³/mol. The highest BCUT2D eigenvalue weighted by Gasteiger charge is 2.67. The third kappa shape index (κ3) is 2.66. The highest BCUT2D eigenvalue weighted by molar-refractivity contribution is 5.95. The molecular formula is C21H32O5. The fraction of sp³-hybridized carbons (Fsp3) is 0.810. The third-order valence-electron chi connectivity index (χ3n) is 7.32. The van der Waals surface area contributed by atoms with Gasteiger partial charge in [-0.2, -0.15) is 0 Å². The number of aliphatic hydroxyl groups excluding tert-OH is 1. The molecule has 0 unspecified atom stereocenters. The maximum absolute atomic E-state index is 13.0. The molecule has 0 amide bonds. The first-order valence-electron chi connectivity index (χ1n) is 9.66. The molecule has 0 bridgehead atoms. The number of methoxy groups -OCH3 is 1. The van der Waals surface area contributed by atoms with Crippen LogP contribution in [0.15, 0.2) is 11.6 Å². The molecular weight excluding hydrogens is 332 g/mol. The molecule has 26 heavy (non-hydrogen) atoms. The Morgan fingerprint density at radius 2 is 1.92 bits per heavy atom. The van der Waals surface area contributed by atoms with Gasteiger partial charge in [-0.1, -0.05) is 27.2 Å². The quantitative estimate of drug-likeness (QED) is 0.779. The second kappa shape index (κ2) is 6.16. The molecule has 2 aliphatic carbocycles. The van der Waals surface area contributed by atoms with Gasteiger partial charge in [0.05, 0.1) is 31.3 Å². The first kappa shape index (κ1) is 19.6. The SMILES string of the molecule is COC(=O)C[C@@]1(C)CC[C@]2(O1)C(CO)=CC(=O)[C@@H]1C(C)(C)CCC[C@]12C. The lowest BCUT2D eigenvalue weighted by Gasteiger charge is -2.60. The molecule has 0 aromatic rings. The summed E-state index contributed by atoms with van der Waals surface area (Å²) in [6.07, 6.45) is 6.16. The van der Waals surface area contributed by atoms with Gasteiger partial charge in [-0.05, 0) is 49.7 Å². The Morgan fingerprint density at radius 3 is 2.54 bits per heavy atom. The van der Waals surface area contributed by atoms with Crippen LogP contribution in [0.25, 0.3) is 0 Å². The van der Waals surface area contributed by atoms with Crippen molar-refractivity contribution in [1.82, 2.24) is 0 Å². The number of carbonyl (C=O) groups excluding carboxylic acids is 2. The Bertz CT molecular complexity index is 651. The maximum atomic E-state index is 13.0. The summed E-state index contributed by atoms with van der Waals surface area (Å²) in [5, 5.41) is 10.1. The van der Waals surface area contributed by atoms with E-state index in [9.17, 15) is 14.7 Å². The summed E-state index contributed by atoms with van der Waals surface area (Å²) in [7, 11) is 1.38. The molecule has 1 spiro atoms. The molecule has 5 nitrogen and oxygen atoms in total. The van der Waals surface area contributed by atoms with Crippen LogP contribution in [0.3, 0.4) is 0 Å². The number of carbonyl (C=O) groups is 2. The van der Waals surface area contributed by atoms with Gasteiger partial charge in [0, 0.05) is 11.3 Å². The number of hydrogen-bond donors (Lipinski definition) is 1. The lowest BCUT2D eigenvalue weighted by Crippen LogP contribution is -2.62. The zero-order valence-electron chi connectivity index (χ0n) is 16.7. The first-order chi connectivity index (χ1) is 12.0. The van der Waals surface area contributed by atoms with E-state index in [1.165, 1.54) is 7.11 Å². The number of rotatable bonds is 3. The third-order valence-corrected chi connectivity index (χ3v) is 7.32. The molecule has 146 valence electrons. The molecule has 1 saturated carbocycles. The lowest BCUT2D eigenvalue weighted by molar-refractivity contribution is -0.196. The second-order valence-electron chi connectivity index (χ2n) is 9.55. The van der Waals surface area contributed by atoms with Crippen LogP contribution in [0.4, 0.5) is 0 Å². The Hall–Kier alpha value is -1.20. The zero-order chi connectivity index (χ0) is 19.4. The molecule has 0 aromatic heterocycles. The van der Waals surface area contributed by atoms with Crippen molar-refractivity contribution < 1.29 is 24.2 Å². The van der Waals surface area contributed by atoms with Crippen molar-refractivity contribution in [2.75, 3.05) is 13.7 Å². The number of fused-ring (bicyclic) bond motifs is 2. The van der Waals surface area contributed by atoms with Crippen molar-refractivity contribution in [2.45, 2.75) is 77.4 Å². The van der Waals surface area contributed by atoms with Crippen LogP contribution in [-0.4, -0.2) is 41.8 Å². The van der Waals surface area contributed by atoms with E-state index in [0.29, 0.717) is 18.4 Å². The van der Waals surface area contributed by atoms with E-state index < -0.39 is 11.2 Å². The van der Waals surface area contributed by atoms with Gasteiger partial charge in [0.2, 0.25) is 0 Å². The number of ketones is 1. The van der Waals surface area contributed by atoms with E-state index in [1.54, 1.807) is 6.08 Å². The van der Waals surface area contributed by atoms with Gasteiger partial charge < -0.3 is 14.6 Å². The molecule has 3 aliphatic rings. The van der Waals surface area contributed by atoms with Crippen molar-refractivity contribution in [3.8, 4) is 0 Å². The summed E-state index contributed by atoms with van der Waals surface area (Å²) in [5.74, 6) is -0.326. The van der Waals surface area contributed by atoms with Crippen LogP contribution in [0, 0.1) is 16.7 Å². The molecule has 1 aliphatic heterocycles. The van der Waals surface area contributed by atoms with E-state index >= 15 is 0 Å². The average Bonchev–Trinajstić information content (AvgIpc) is 2.89. The summed E-state index contributed by atoms with van der Waals surface area (Å²) < 4.78 is 11.5. The maximum Gasteiger partial charge on any atom is 0.308 e. The molecule has 1 N–H and O–H groups in total. The second-order valence-corrected chi connectivity index (χ2v) is 9.55. The van der Waals surface area contributed by atoms with Crippen LogP contribution in [-0.2, 0) is 19.1 Å². The number of allylic oxidation sites excluding steroid dienone is 1. The highest BCUT2D eigenvalue weighted by atomic mass is 16.5.